The maximum atomic E-state index is 11.7. The van der Waals surface area contributed by atoms with E-state index in [1.807, 2.05) is 67.6 Å². The van der Waals surface area contributed by atoms with Gasteiger partial charge >= 0.3 is 0 Å². The Morgan fingerprint density at radius 3 is 2.61 bits per heavy atom. The Morgan fingerprint density at radius 2 is 1.82 bits per heavy atom. The second kappa shape index (κ2) is 9.04. The van der Waals surface area contributed by atoms with Crippen molar-refractivity contribution >= 4 is 29.0 Å². The minimum absolute atomic E-state index is 0.0245. The van der Waals surface area contributed by atoms with Crippen LogP contribution in [0.25, 0.3) is 23.1 Å². The Labute approximate surface area is 165 Å². The zero-order valence-electron chi connectivity index (χ0n) is 16.4. The summed E-state index contributed by atoms with van der Waals surface area (Å²) in [6, 6.07) is 17.7. The molecular weight excluding hydrogens is 352 g/mol. The second-order valence-corrected chi connectivity index (χ2v) is 6.48. The predicted molar refractivity (Wildman–Crippen MR) is 112 cm³/mol. The molecular formula is C23H24N2O3. The number of likely N-dealkylation sites (N-methyl/N-ethyl adjacent to an activating group) is 1. The molecule has 0 radical (unpaired) electrons. The molecule has 3 aromatic rings. The number of rotatable bonds is 7. The van der Waals surface area contributed by atoms with Gasteiger partial charge in [0, 0.05) is 19.5 Å². The van der Waals surface area contributed by atoms with E-state index in [9.17, 15) is 4.79 Å². The molecule has 0 atom stereocenters. The fourth-order valence-corrected chi connectivity index (χ4v) is 2.64. The average molecular weight is 376 g/mol. The van der Waals surface area contributed by atoms with Crippen molar-refractivity contribution in [3.63, 3.8) is 0 Å². The zero-order valence-corrected chi connectivity index (χ0v) is 16.4. The summed E-state index contributed by atoms with van der Waals surface area (Å²) in [6.45, 7) is 2.40. The number of pyridine rings is 1. The van der Waals surface area contributed by atoms with Gasteiger partial charge in [0.15, 0.2) is 18.1 Å². The number of hydrogen-bond donors (Lipinski definition) is 0. The highest BCUT2D eigenvalue weighted by molar-refractivity contribution is 5.81. The van der Waals surface area contributed by atoms with E-state index in [0.717, 1.165) is 22.2 Å². The summed E-state index contributed by atoms with van der Waals surface area (Å²) in [5.74, 6) is 1.06. The smallest absolute Gasteiger partial charge is 0.259 e. The van der Waals surface area contributed by atoms with Gasteiger partial charge in [0.1, 0.15) is 0 Å². The molecule has 3 rings (SSSR count). The number of hydrogen-bond acceptors (Lipinski definition) is 4. The summed E-state index contributed by atoms with van der Waals surface area (Å²) in [4.78, 5) is 17.9. The highest BCUT2D eigenvalue weighted by atomic mass is 16.5. The molecule has 28 heavy (non-hydrogen) atoms. The van der Waals surface area contributed by atoms with Crippen LogP contribution >= 0.6 is 0 Å². The average Bonchev–Trinajstić information content (AvgIpc) is 2.71. The molecule has 0 aliphatic carbocycles. The van der Waals surface area contributed by atoms with Gasteiger partial charge in [-0.05, 0) is 42.8 Å². The van der Waals surface area contributed by atoms with Gasteiger partial charge in [0.2, 0.25) is 0 Å². The number of carbonyl (C=O) groups is 1. The molecule has 5 heteroatoms. The number of benzene rings is 2. The molecule has 144 valence electrons. The molecule has 0 saturated heterocycles. The van der Waals surface area contributed by atoms with Gasteiger partial charge in [-0.2, -0.15) is 0 Å². The predicted octanol–water partition coefficient (Wildman–Crippen LogP) is 4.27. The summed E-state index contributed by atoms with van der Waals surface area (Å²) in [7, 11) is 3.40. The SMILES string of the molecule is CCOc1cc(/C=C/c2ccc3ccccc3n2)ccc1OCC(=O)N(C)C. The van der Waals surface area contributed by atoms with Gasteiger partial charge in [0.25, 0.3) is 5.91 Å². The maximum absolute atomic E-state index is 11.7. The number of nitrogens with zero attached hydrogens (tertiary/aromatic N) is 2. The first-order chi connectivity index (χ1) is 13.6. The molecule has 0 aliphatic heterocycles. The molecule has 0 aliphatic rings. The second-order valence-electron chi connectivity index (χ2n) is 6.48. The number of fused-ring (bicyclic) bond motifs is 1. The van der Waals surface area contributed by atoms with Crippen LogP contribution in [0.5, 0.6) is 11.5 Å². The standard InChI is InChI=1S/C23H24N2O3/c1-4-27-22-15-17(10-14-21(22)28-16-23(26)25(2)3)9-12-19-13-11-18-7-5-6-8-20(18)24-19/h5-15H,4,16H2,1-3H3/b12-9+. The molecule has 1 amide bonds. The van der Waals surface area contributed by atoms with E-state index in [-0.39, 0.29) is 12.5 Å². The van der Waals surface area contributed by atoms with Gasteiger partial charge in [-0.25, -0.2) is 4.98 Å². The first-order valence-corrected chi connectivity index (χ1v) is 9.20. The Balaban J connectivity index is 1.78. The molecule has 0 fully saturated rings. The molecule has 1 heterocycles. The molecule has 0 unspecified atom stereocenters. The van der Waals surface area contributed by atoms with E-state index in [2.05, 4.69) is 11.1 Å². The quantitative estimate of drug-likeness (QED) is 0.618. The molecule has 1 aromatic heterocycles. The molecule has 0 spiro atoms. The molecule has 0 N–H and O–H groups in total. The van der Waals surface area contributed by atoms with Crippen LogP contribution in [0.4, 0.5) is 0 Å². The van der Waals surface area contributed by atoms with Gasteiger partial charge in [-0.1, -0.05) is 36.4 Å². The van der Waals surface area contributed by atoms with E-state index < -0.39 is 0 Å². The number of ether oxygens (including phenoxy) is 2. The summed E-state index contributed by atoms with van der Waals surface area (Å²) >= 11 is 0. The number of amides is 1. The van der Waals surface area contributed by atoms with Crippen LogP contribution < -0.4 is 9.47 Å². The van der Waals surface area contributed by atoms with Crippen molar-refractivity contribution in [3.8, 4) is 11.5 Å². The fourth-order valence-electron chi connectivity index (χ4n) is 2.64. The van der Waals surface area contributed by atoms with E-state index >= 15 is 0 Å². The summed E-state index contributed by atoms with van der Waals surface area (Å²) in [6.07, 6.45) is 3.95. The third-order valence-corrected chi connectivity index (χ3v) is 4.18. The highest BCUT2D eigenvalue weighted by Gasteiger charge is 2.10. The molecule has 2 aromatic carbocycles. The lowest BCUT2D eigenvalue weighted by molar-refractivity contribution is -0.130. The zero-order chi connectivity index (χ0) is 19.9. The Kier molecular flexibility index (Phi) is 6.27. The van der Waals surface area contributed by atoms with Crippen molar-refractivity contribution in [1.29, 1.82) is 0 Å². The number of aromatic nitrogens is 1. The Hall–Kier alpha value is -3.34. The number of para-hydroxylation sites is 1. The van der Waals surface area contributed by atoms with Crippen molar-refractivity contribution in [3.05, 3.63) is 65.9 Å². The van der Waals surface area contributed by atoms with Gasteiger partial charge in [-0.3, -0.25) is 4.79 Å². The minimum atomic E-state index is -0.103. The van der Waals surface area contributed by atoms with Crippen LogP contribution in [-0.4, -0.2) is 43.1 Å². The largest absolute Gasteiger partial charge is 0.490 e. The van der Waals surface area contributed by atoms with E-state index in [0.29, 0.717) is 18.1 Å². The first-order valence-electron chi connectivity index (χ1n) is 9.20. The van der Waals surface area contributed by atoms with E-state index in [4.69, 9.17) is 9.47 Å². The molecule has 5 nitrogen and oxygen atoms in total. The lowest BCUT2D eigenvalue weighted by atomic mass is 10.1. The van der Waals surface area contributed by atoms with Crippen LogP contribution in [0.2, 0.25) is 0 Å². The van der Waals surface area contributed by atoms with Crippen molar-refractivity contribution in [2.24, 2.45) is 0 Å². The van der Waals surface area contributed by atoms with Crippen molar-refractivity contribution in [2.75, 3.05) is 27.3 Å². The van der Waals surface area contributed by atoms with E-state index in [1.165, 1.54) is 4.90 Å². The van der Waals surface area contributed by atoms with Crippen molar-refractivity contribution in [2.45, 2.75) is 6.92 Å². The van der Waals surface area contributed by atoms with E-state index in [1.54, 1.807) is 14.1 Å². The van der Waals surface area contributed by atoms with Gasteiger partial charge in [0.05, 0.1) is 17.8 Å². The topological polar surface area (TPSA) is 51.7 Å². The Morgan fingerprint density at radius 1 is 1.00 bits per heavy atom. The van der Waals surface area contributed by atoms with Gasteiger partial charge in [-0.15, -0.1) is 0 Å². The maximum Gasteiger partial charge on any atom is 0.259 e. The van der Waals surface area contributed by atoms with Crippen molar-refractivity contribution < 1.29 is 14.3 Å². The Bertz CT molecular complexity index is 996. The first kappa shape index (κ1) is 19.4. The highest BCUT2D eigenvalue weighted by Crippen LogP contribution is 2.29. The molecule has 0 bridgehead atoms. The third-order valence-electron chi connectivity index (χ3n) is 4.18. The monoisotopic (exact) mass is 376 g/mol. The van der Waals surface area contributed by atoms with Crippen LogP contribution in [0.1, 0.15) is 18.2 Å². The van der Waals surface area contributed by atoms with Crippen LogP contribution in [0.3, 0.4) is 0 Å². The summed E-state index contributed by atoms with van der Waals surface area (Å²) in [5, 5.41) is 1.12. The lowest BCUT2D eigenvalue weighted by Crippen LogP contribution is -2.27. The lowest BCUT2D eigenvalue weighted by Gasteiger charge is -2.14. The normalized spacial score (nSPS) is 11.0. The third kappa shape index (κ3) is 4.88. The fraction of sp³-hybridized carbons (Fsp3) is 0.217. The van der Waals surface area contributed by atoms with Crippen LogP contribution in [0, 0.1) is 0 Å². The molecule has 0 saturated carbocycles. The van der Waals surface area contributed by atoms with Gasteiger partial charge < -0.3 is 14.4 Å². The van der Waals surface area contributed by atoms with Crippen LogP contribution in [0.15, 0.2) is 54.6 Å². The van der Waals surface area contributed by atoms with Crippen LogP contribution in [-0.2, 0) is 4.79 Å². The number of carbonyl (C=O) groups excluding carboxylic acids is 1. The summed E-state index contributed by atoms with van der Waals surface area (Å²) < 4.78 is 11.3. The summed E-state index contributed by atoms with van der Waals surface area (Å²) in [5.41, 5.74) is 2.81. The van der Waals surface area contributed by atoms with Crippen molar-refractivity contribution in [1.82, 2.24) is 9.88 Å². The minimum Gasteiger partial charge on any atom is -0.490 e.